The summed E-state index contributed by atoms with van der Waals surface area (Å²) in [6, 6.07) is 0. The molecule has 0 aromatic heterocycles. The molecule has 0 fully saturated rings. The number of hydrogen-bond donors (Lipinski definition) is 0. The van der Waals surface area contributed by atoms with Gasteiger partial charge in [-0.05, 0) is 0 Å². The first-order valence-electron chi connectivity index (χ1n) is 0. The maximum absolute atomic E-state index is 0. The van der Waals surface area contributed by atoms with E-state index in [2.05, 4.69) is 0 Å². The topological polar surface area (TPSA) is 0 Å². The van der Waals surface area contributed by atoms with Gasteiger partial charge in [0.25, 0.3) is 0 Å². The second kappa shape index (κ2) is 17.1. The Morgan fingerprint density at radius 2 is 1.00 bits per heavy atom. The van der Waals surface area contributed by atoms with Crippen molar-refractivity contribution < 1.29 is 35.6 Å². The standard InChI is InChI=1S/GeH4.La.Li.H3P.H/h1H4;;;1H3;. The average molecular weight is 257 g/mol. The van der Waals surface area contributed by atoms with E-state index >= 15 is 0 Å². The summed E-state index contributed by atoms with van der Waals surface area (Å²) in [6.07, 6.45) is 0. The molecule has 0 aliphatic heterocycles. The molecule has 0 N–H and O–H groups in total. The van der Waals surface area contributed by atoms with Gasteiger partial charge in [-0.2, -0.15) is 9.90 Å². The van der Waals surface area contributed by atoms with E-state index in [4.69, 9.17) is 0 Å². The molecule has 0 aliphatic carbocycles. The molecule has 0 aliphatic rings. The summed E-state index contributed by atoms with van der Waals surface area (Å²) < 4.78 is 0. The molecule has 4 heteroatoms. The summed E-state index contributed by atoms with van der Waals surface area (Å²) in [5.74, 6) is 0. The van der Waals surface area contributed by atoms with Crippen molar-refractivity contribution in [3.63, 3.8) is 0 Å². The van der Waals surface area contributed by atoms with Crippen LogP contribution in [0.2, 0.25) is 0 Å². The Morgan fingerprint density at radius 1 is 1.00 bits per heavy atom. The van der Waals surface area contributed by atoms with Crippen molar-refractivity contribution in [1.82, 2.24) is 0 Å². The van der Waals surface area contributed by atoms with Crippen molar-refractivity contribution in [1.29, 1.82) is 0 Å². The normalized spacial score (nSPS) is 0. The van der Waals surface area contributed by atoms with Crippen molar-refractivity contribution >= 4 is 46.4 Å². The van der Waals surface area contributed by atoms with Gasteiger partial charge < -0.3 is 0 Å². The third-order valence-electron chi connectivity index (χ3n) is 0. The van der Waals surface area contributed by atoms with Crippen LogP contribution in [0.25, 0.3) is 0 Å². The predicted molar refractivity (Wildman–Crippen MR) is 29.6 cm³/mol. The van der Waals surface area contributed by atoms with Gasteiger partial charge in [0.2, 0.25) is 0 Å². The maximum atomic E-state index is 0. The Labute approximate surface area is 80.6 Å². The Morgan fingerprint density at radius 3 is 1.00 bits per heavy atom. The van der Waals surface area contributed by atoms with Gasteiger partial charge in [0.15, 0.2) is 0 Å². The van der Waals surface area contributed by atoms with Crippen molar-refractivity contribution in [2.24, 2.45) is 0 Å². The zero-order valence-electron chi connectivity index (χ0n) is 1.28. The zero-order chi connectivity index (χ0) is 0. The van der Waals surface area contributed by atoms with Crippen LogP contribution in [0.15, 0.2) is 0 Å². The Kier molecular flexibility index (Phi) is 126. The molecule has 1 atom stereocenters. The van der Waals surface area contributed by atoms with Crippen molar-refractivity contribution in [2.45, 2.75) is 0 Å². The van der Waals surface area contributed by atoms with Gasteiger partial charge >= 0.3 is 36.5 Å². The summed E-state index contributed by atoms with van der Waals surface area (Å²) in [6.45, 7) is 0. The first-order valence-corrected chi connectivity index (χ1v) is 0. The molecule has 0 heterocycles. The number of hydrogen-bond acceptors (Lipinski definition) is 0. The molecule has 0 rings (SSSR count). The molecule has 0 bridgehead atoms. The van der Waals surface area contributed by atoms with Gasteiger partial charge in [-0.3, -0.25) is 0 Å². The number of rotatable bonds is 0. The van der Waals surface area contributed by atoms with Crippen LogP contribution >= 0.6 is 9.90 Å². The summed E-state index contributed by atoms with van der Waals surface area (Å²) in [4.78, 5) is 0. The van der Waals surface area contributed by atoms with Crippen LogP contribution in [0.4, 0.5) is 0 Å². The first-order chi connectivity index (χ1) is 0. The van der Waals surface area contributed by atoms with Gasteiger partial charge in [0.1, 0.15) is 0 Å². The molecule has 21 valence electrons. The van der Waals surface area contributed by atoms with Gasteiger partial charge in [-0.1, -0.05) is 0 Å². The van der Waals surface area contributed by atoms with Crippen LogP contribution in [0.1, 0.15) is 0 Å². The second-order valence-electron chi connectivity index (χ2n) is 0. The third-order valence-corrected chi connectivity index (χ3v) is 0. The second-order valence-corrected chi connectivity index (χ2v) is 0. The first kappa shape index (κ1) is 29.4. The molecule has 0 amide bonds. The van der Waals surface area contributed by atoms with Gasteiger partial charge in [0, 0.05) is 35.6 Å². The quantitative estimate of drug-likeness (QED) is 0.346. The van der Waals surface area contributed by atoms with E-state index in [9.17, 15) is 0 Å². The molecule has 0 saturated carbocycles. The van der Waals surface area contributed by atoms with E-state index in [-0.39, 0.29) is 82.0 Å². The molecule has 4 heavy (non-hydrogen) atoms. The molecular formula is H8GeLaLiP. The van der Waals surface area contributed by atoms with Crippen LogP contribution in [-0.2, 0) is 0 Å². The van der Waals surface area contributed by atoms with Crippen molar-refractivity contribution in [3.05, 3.63) is 0 Å². The van der Waals surface area contributed by atoms with E-state index in [1.165, 1.54) is 0 Å². The molecule has 0 aromatic carbocycles. The molecular weight excluding hydrogens is 249 g/mol. The summed E-state index contributed by atoms with van der Waals surface area (Å²) in [5.41, 5.74) is 0. The monoisotopic (exact) mass is 259 g/mol. The van der Waals surface area contributed by atoms with E-state index < -0.39 is 0 Å². The van der Waals surface area contributed by atoms with Crippen LogP contribution in [0.3, 0.4) is 0 Å². The SMILES string of the molecule is P.[GeH4].[La].[LiH]. The van der Waals surface area contributed by atoms with E-state index in [1.807, 2.05) is 0 Å². The fraction of sp³-hybridized carbons (Fsp3) is 0. The molecule has 0 aromatic rings. The summed E-state index contributed by atoms with van der Waals surface area (Å²) >= 11 is 0. The predicted octanol–water partition coefficient (Wildman–Crippen LogP) is -2.04. The fourth-order valence-electron chi connectivity index (χ4n) is 0. The molecule has 0 nitrogen and oxygen atoms in total. The Bertz CT molecular complexity index is 8.00. The fourth-order valence-corrected chi connectivity index (χ4v) is 0. The molecule has 1 unspecified atom stereocenters. The van der Waals surface area contributed by atoms with Crippen LogP contribution in [0.5, 0.6) is 0 Å². The Balaban J connectivity index is 0. The van der Waals surface area contributed by atoms with E-state index in [1.54, 1.807) is 0 Å². The van der Waals surface area contributed by atoms with Crippen molar-refractivity contribution in [2.75, 3.05) is 0 Å². The third kappa shape index (κ3) is 8.83. The van der Waals surface area contributed by atoms with Crippen LogP contribution in [-0.4, -0.2) is 36.5 Å². The van der Waals surface area contributed by atoms with Crippen LogP contribution < -0.4 is 0 Å². The van der Waals surface area contributed by atoms with Crippen molar-refractivity contribution in [3.8, 4) is 0 Å². The minimum atomic E-state index is 0. The van der Waals surface area contributed by atoms with Gasteiger partial charge in [-0.15, -0.1) is 0 Å². The zero-order valence-corrected chi connectivity index (χ0v) is 6.32. The van der Waals surface area contributed by atoms with Gasteiger partial charge in [-0.25, -0.2) is 0 Å². The summed E-state index contributed by atoms with van der Waals surface area (Å²) in [7, 11) is 0. The van der Waals surface area contributed by atoms with E-state index in [0.29, 0.717) is 0 Å². The molecule has 1 radical (unpaired) electrons. The van der Waals surface area contributed by atoms with Crippen LogP contribution in [0, 0.1) is 35.6 Å². The van der Waals surface area contributed by atoms with Gasteiger partial charge in [0.05, 0.1) is 0 Å². The Hall–Kier alpha value is 2.77. The minimum absolute atomic E-state index is 0. The van der Waals surface area contributed by atoms with E-state index in [0.717, 1.165) is 0 Å². The average Bonchev–Trinajstić information content (AvgIpc) is 0. The molecule has 0 saturated heterocycles. The summed E-state index contributed by atoms with van der Waals surface area (Å²) in [5, 5.41) is 0. The molecule has 0 spiro atoms.